The Labute approximate surface area is 216 Å². The summed E-state index contributed by atoms with van der Waals surface area (Å²) >= 11 is 0. The summed E-state index contributed by atoms with van der Waals surface area (Å²) in [7, 11) is 0. The second-order valence-electron chi connectivity index (χ2n) is 10.2. The fourth-order valence-electron chi connectivity index (χ4n) is 5.03. The number of nitrogens with one attached hydrogen (secondary N) is 1. The van der Waals surface area contributed by atoms with Gasteiger partial charge < -0.3 is 60.7 Å². The summed E-state index contributed by atoms with van der Waals surface area (Å²) in [6.07, 6.45) is -2.37. The van der Waals surface area contributed by atoms with Gasteiger partial charge in [0.2, 0.25) is 0 Å². The van der Waals surface area contributed by atoms with Crippen LogP contribution in [0.2, 0.25) is 0 Å². The Morgan fingerprint density at radius 2 is 1.35 bits per heavy atom. The van der Waals surface area contributed by atoms with Crippen molar-refractivity contribution in [3.05, 3.63) is 0 Å². The number of aliphatic carboxylic acids is 1. The predicted octanol–water partition coefficient (Wildman–Crippen LogP) is -2.43. The van der Waals surface area contributed by atoms with E-state index in [0.29, 0.717) is 0 Å². The zero-order valence-corrected chi connectivity index (χ0v) is 21.1. The first-order valence-electron chi connectivity index (χ1n) is 13.2. The molecule has 218 valence electrons. The second-order valence-corrected chi connectivity index (χ2v) is 10.2. The van der Waals surface area contributed by atoms with Gasteiger partial charge in [0, 0.05) is 12.1 Å². The van der Waals surface area contributed by atoms with Crippen LogP contribution < -0.4 is 5.32 Å². The number of hydrogen-bond acceptors (Lipinski definition) is 12. The van der Waals surface area contributed by atoms with Crippen LogP contribution in [0, 0.1) is 0 Å². The molecule has 4 unspecified atom stereocenters. The van der Waals surface area contributed by atoms with Gasteiger partial charge in [-0.25, -0.2) is 4.79 Å². The van der Waals surface area contributed by atoms with Gasteiger partial charge in [0.1, 0.15) is 42.7 Å². The van der Waals surface area contributed by atoms with Crippen molar-refractivity contribution >= 4 is 5.97 Å². The van der Waals surface area contributed by atoms with Gasteiger partial charge in [0.05, 0.1) is 13.2 Å². The third-order valence-electron chi connectivity index (χ3n) is 7.30. The van der Waals surface area contributed by atoms with E-state index in [-0.39, 0.29) is 0 Å². The van der Waals surface area contributed by atoms with Gasteiger partial charge >= 0.3 is 5.97 Å². The van der Waals surface area contributed by atoms with E-state index in [1.807, 2.05) is 0 Å². The molecular weight excluding hydrogens is 494 g/mol. The first-order valence-corrected chi connectivity index (χ1v) is 13.2. The van der Waals surface area contributed by atoms with Crippen LogP contribution in [0.5, 0.6) is 0 Å². The van der Waals surface area contributed by atoms with Gasteiger partial charge in [-0.1, -0.05) is 38.5 Å². The Kier molecular flexibility index (Phi) is 14.1. The number of carboxylic acids is 1. The minimum atomic E-state index is -2.39. The van der Waals surface area contributed by atoms with Crippen molar-refractivity contribution in [2.24, 2.45) is 0 Å². The molecule has 13 heteroatoms. The average molecular weight is 540 g/mol. The number of carboxylic acid groups (broad SMARTS) is 1. The van der Waals surface area contributed by atoms with Crippen LogP contribution >= 0.6 is 0 Å². The van der Waals surface area contributed by atoms with E-state index in [1.54, 1.807) is 0 Å². The maximum absolute atomic E-state index is 10.7. The lowest BCUT2D eigenvalue weighted by Gasteiger charge is -2.42. The molecule has 13 nitrogen and oxygen atoms in total. The van der Waals surface area contributed by atoms with Crippen molar-refractivity contribution in [3.8, 4) is 0 Å². The van der Waals surface area contributed by atoms with Crippen LogP contribution in [0.1, 0.15) is 64.2 Å². The number of carbonyl (C=O) groups is 1. The predicted molar refractivity (Wildman–Crippen MR) is 128 cm³/mol. The molecule has 0 aromatic rings. The van der Waals surface area contributed by atoms with Gasteiger partial charge in [-0.3, -0.25) is 0 Å². The monoisotopic (exact) mass is 539 g/mol. The highest BCUT2D eigenvalue weighted by atomic mass is 16.7. The first kappa shape index (κ1) is 32.2. The largest absolute Gasteiger partial charge is 0.479 e. The zero-order valence-electron chi connectivity index (χ0n) is 21.1. The summed E-state index contributed by atoms with van der Waals surface area (Å²) in [5.41, 5.74) is 0. The van der Waals surface area contributed by atoms with Gasteiger partial charge in [0.15, 0.2) is 12.4 Å². The third kappa shape index (κ3) is 9.62. The number of hydrogen-bond donors (Lipinski definition) is 10. The highest BCUT2D eigenvalue weighted by Crippen LogP contribution is 2.25. The Hall–Kier alpha value is -0.970. The molecule has 1 saturated heterocycles. The molecule has 0 aromatic heterocycles. The van der Waals surface area contributed by atoms with Crippen molar-refractivity contribution < 1.29 is 60.2 Å². The van der Waals surface area contributed by atoms with Crippen LogP contribution in [0.25, 0.3) is 0 Å². The lowest BCUT2D eigenvalue weighted by molar-refractivity contribution is -0.326. The third-order valence-corrected chi connectivity index (χ3v) is 7.30. The highest BCUT2D eigenvalue weighted by Gasteiger charge is 2.47. The fraction of sp³-hybridized carbons (Fsp3) is 0.958. The molecule has 9 atom stereocenters. The molecule has 0 spiro atoms. The highest BCUT2D eigenvalue weighted by molar-refractivity contribution is 5.72. The van der Waals surface area contributed by atoms with E-state index in [1.165, 1.54) is 64.2 Å². The lowest BCUT2D eigenvalue weighted by Crippen LogP contribution is -2.61. The summed E-state index contributed by atoms with van der Waals surface area (Å²) in [6.45, 7) is -1.76. The molecule has 3 aliphatic rings. The molecule has 1 aliphatic heterocycles. The van der Waals surface area contributed by atoms with Crippen molar-refractivity contribution in [1.29, 1.82) is 0 Å². The van der Waals surface area contributed by atoms with E-state index < -0.39 is 74.3 Å². The molecule has 1 heterocycles. The molecular formula is C24H45NO12. The molecule has 3 rings (SSSR count). The van der Waals surface area contributed by atoms with Gasteiger partial charge in [-0.15, -0.1) is 0 Å². The molecule has 10 N–H and O–H groups in total. The maximum atomic E-state index is 10.7. The topological polar surface area (TPSA) is 230 Å². The summed E-state index contributed by atoms with van der Waals surface area (Å²) < 4.78 is 9.98. The van der Waals surface area contributed by atoms with E-state index in [9.17, 15) is 35.4 Å². The zero-order chi connectivity index (χ0) is 27.5. The molecule has 37 heavy (non-hydrogen) atoms. The molecule has 3 fully saturated rings. The summed E-state index contributed by atoms with van der Waals surface area (Å²) in [5.74, 6) is -1.84. The van der Waals surface area contributed by atoms with Crippen LogP contribution in [-0.2, 0) is 14.3 Å². The number of aliphatic hydroxyl groups is 8. The van der Waals surface area contributed by atoms with E-state index >= 15 is 0 Å². The quantitative estimate of drug-likeness (QED) is 0.139. The number of rotatable bonds is 10. The van der Waals surface area contributed by atoms with Crippen LogP contribution in [-0.4, -0.2) is 132 Å². The lowest BCUT2D eigenvalue weighted by atomic mass is 9.91. The summed E-state index contributed by atoms with van der Waals surface area (Å²) in [6, 6.07) is 1.74. The van der Waals surface area contributed by atoms with Crippen molar-refractivity contribution in [2.45, 2.75) is 131 Å². The van der Waals surface area contributed by atoms with E-state index in [2.05, 4.69) is 5.32 Å². The summed E-state index contributed by atoms with van der Waals surface area (Å²) in [5, 5.41) is 88.4. The molecule has 0 radical (unpaired) electrons. The van der Waals surface area contributed by atoms with Crippen molar-refractivity contribution in [1.82, 2.24) is 5.32 Å². The minimum absolute atomic E-state index is 0.766. The molecule has 0 bridgehead atoms. The minimum Gasteiger partial charge on any atom is -0.479 e. The van der Waals surface area contributed by atoms with E-state index in [4.69, 9.17) is 24.8 Å². The molecule has 0 amide bonds. The number of aliphatic hydroxyl groups excluding tert-OH is 8. The van der Waals surface area contributed by atoms with Crippen LogP contribution in [0.4, 0.5) is 0 Å². The Bertz CT molecular complexity index is 627. The van der Waals surface area contributed by atoms with Crippen LogP contribution in [0.3, 0.4) is 0 Å². The standard InChI is InChI=1S/C12H23N.C12H22O12/c1-3-7-11(8-4-1)13-12-9-5-2-6-10-12;13-1-3(15)10(7(18)8(19)11(21)22)24-12-9(20)6(17)5(16)4(2-14)23-12/h11-13H,1-10H2;3-10,12-20H,1-2H2,(H,21,22)/t;3?,4?,5-,6+,7-,8?,9?,10-,12+/m.1/s1. The first-order chi connectivity index (χ1) is 17.6. The molecule has 0 aromatic carbocycles. The van der Waals surface area contributed by atoms with Gasteiger partial charge in [0.25, 0.3) is 0 Å². The van der Waals surface area contributed by atoms with E-state index in [0.717, 1.165) is 12.1 Å². The average Bonchev–Trinajstić information content (AvgIpc) is 2.91. The number of ether oxygens (including phenoxy) is 2. The molecule has 2 aliphatic carbocycles. The Morgan fingerprint density at radius 1 is 0.838 bits per heavy atom. The second kappa shape index (κ2) is 16.2. The smallest absolute Gasteiger partial charge is 0.335 e. The Morgan fingerprint density at radius 3 is 1.78 bits per heavy atom. The molecule has 2 saturated carbocycles. The van der Waals surface area contributed by atoms with Gasteiger partial charge in [-0.2, -0.15) is 0 Å². The van der Waals surface area contributed by atoms with Crippen molar-refractivity contribution in [3.63, 3.8) is 0 Å². The van der Waals surface area contributed by atoms with Crippen molar-refractivity contribution in [2.75, 3.05) is 13.2 Å². The SMILES string of the molecule is C1CCC(NC2CCCCC2)CC1.O=C(O)C(O)[C@@H](O)[C@H](O[C@@H]1OC(CO)[C@@H](O)[C@H](O)C1O)C(O)CO. The Balaban J connectivity index is 0.000000308. The summed E-state index contributed by atoms with van der Waals surface area (Å²) in [4.78, 5) is 10.7. The fourth-order valence-corrected chi connectivity index (χ4v) is 5.03. The maximum Gasteiger partial charge on any atom is 0.335 e. The van der Waals surface area contributed by atoms with Crippen LogP contribution in [0.15, 0.2) is 0 Å². The van der Waals surface area contributed by atoms with Gasteiger partial charge in [-0.05, 0) is 25.7 Å². The normalized spacial score (nSPS) is 33.0.